The van der Waals surface area contributed by atoms with E-state index in [1.807, 2.05) is 13.8 Å². The number of thiazole rings is 1. The molecule has 0 unspecified atom stereocenters. The summed E-state index contributed by atoms with van der Waals surface area (Å²) < 4.78 is 13.7. The van der Waals surface area contributed by atoms with Crippen molar-refractivity contribution in [1.82, 2.24) is 4.98 Å². The van der Waals surface area contributed by atoms with E-state index >= 15 is 0 Å². The van der Waals surface area contributed by atoms with Crippen molar-refractivity contribution >= 4 is 33.0 Å². The predicted molar refractivity (Wildman–Crippen MR) is 73.7 cm³/mol. The molecule has 0 N–H and O–H groups in total. The monoisotopic (exact) mass is 327 g/mol. The summed E-state index contributed by atoms with van der Waals surface area (Å²) in [5.74, 6) is -0.373. The van der Waals surface area contributed by atoms with Crippen LogP contribution in [0.15, 0.2) is 22.7 Å². The molecular weight excluding hydrogens is 317 g/mol. The molecular formula is C13H11BrFNOS. The van der Waals surface area contributed by atoms with E-state index in [0.29, 0.717) is 14.9 Å². The molecule has 0 saturated carbocycles. The number of hydrogen-bond acceptors (Lipinski definition) is 3. The van der Waals surface area contributed by atoms with Gasteiger partial charge < -0.3 is 0 Å². The standard InChI is InChI=1S/C13H11BrFNOS/c1-7-13(18-8(2)16-7)11(17)6-9-4-3-5-10(15)12(9)14/h3-5H,6H2,1-2H3. The Morgan fingerprint density at radius 1 is 1.44 bits per heavy atom. The van der Waals surface area contributed by atoms with Crippen molar-refractivity contribution in [2.24, 2.45) is 0 Å². The lowest BCUT2D eigenvalue weighted by atomic mass is 10.1. The number of ketones is 1. The van der Waals surface area contributed by atoms with E-state index in [4.69, 9.17) is 0 Å². The molecule has 2 rings (SSSR count). The lowest BCUT2D eigenvalue weighted by molar-refractivity contribution is 0.0996. The smallest absolute Gasteiger partial charge is 0.179 e. The Labute approximate surface area is 117 Å². The highest BCUT2D eigenvalue weighted by Gasteiger charge is 2.16. The maximum atomic E-state index is 13.3. The van der Waals surface area contributed by atoms with Crippen LogP contribution in [0.2, 0.25) is 0 Å². The number of carbonyl (C=O) groups excluding carboxylic acids is 1. The van der Waals surface area contributed by atoms with E-state index in [0.717, 1.165) is 10.7 Å². The minimum Gasteiger partial charge on any atom is -0.293 e. The minimum atomic E-state index is -0.350. The highest BCUT2D eigenvalue weighted by atomic mass is 79.9. The summed E-state index contributed by atoms with van der Waals surface area (Å²) in [4.78, 5) is 17.0. The largest absolute Gasteiger partial charge is 0.293 e. The first kappa shape index (κ1) is 13.4. The van der Waals surface area contributed by atoms with Gasteiger partial charge in [-0.05, 0) is 41.4 Å². The quantitative estimate of drug-likeness (QED) is 0.795. The van der Waals surface area contributed by atoms with Crippen LogP contribution in [0.3, 0.4) is 0 Å². The SMILES string of the molecule is Cc1nc(C)c(C(=O)Cc2cccc(F)c2Br)s1. The van der Waals surface area contributed by atoms with E-state index in [1.54, 1.807) is 12.1 Å². The molecule has 0 atom stereocenters. The van der Waals surface area contributed by atoms with Gasteiger partial charge >= 0.3 is 0 Å². The molecule has 0 amide bonds. The molecule has 0 bridgehead atoms. The van der Waals surface area contributed by atoms with Gasteiger partial charge in [0.2, 0.25) is 0 Å². The molecule has 1 aromatic carbocycles. The fourth-order valence-electron chi connectivity index (χ4n) is 1.73. The van der Waals surface area contributed by atoms with Crippen molar-refractivity contribution in [3.8, 4) is 0 Å². The number of hydrogen-bond donors (Lipinski definition) is 0. The van der Waals surface area contributed by atoms with Crippen LogP contribution in [0.4, 0.5) is 4.39 Å². The first-order chi connectivity index (χ1) is 8.49. The molecule has 2 aromatic rings. The number of Topliss-reactive ketones (excluding diaryl/α,β-unsaturated/α-hetero) is 1. The van der Waals surface area contributed by atoms with Crippen LogP contribution in [-0.2, 0) is 6.42 Å². The molecule has 0 aliphatic carbocycles. The zero-order valence-electron chi connectivity index (χ0n) is 9.96. The first-order valence-corrected chi connectivity index (χ1v) is 7.00. The van der Waals surface area contributed by atoms with E-state index in [9.17, 15) is 9.18 Å². The highest BCUT2D eigenvalue weighted by Crippen LogP contribution is 2.24. The van der Waals surface area contributed by atoms with Crippen LogP contribution in [0.1, 0.15) is 25.9 Å². The van der Waals surface area contributed by atoms with E-state index < -0.39 is 0 Å². The molecule has 0 radical (unpaired) electrons. The van der Waals surface area contributed by atoms with Gasteiger partial charge in [-0.1, -0.05) is 12.1 Å². The van der Waals surface area contributed by atoms with Gasteiger partial charge in [-0.3, -0.25) is 4.79 Å². The molecule has 0 spiro atoms. The number of aromatic nitrogens is 1. The fourth-order valence-corrected chi connectivity index (χ4v) is 2.99. The Kier molecular flexibility index (Phi) is 3.92. The molecule has 0 aliphatic heterocycles. The summed E-state index contributed by atoms with van der Waals surface area (Å²) in [6, 6.07) is 4.71. The van der Waals surface area contributed by atoms with Crippen molar-refractivity contribution < 1.29 is 9.18 Å². The van der Waals surface area contributed by atoms with Gasteiger partial charge in [-0.15, -0.1) is 11.3 Å². The summed E-state index contributed by atoms with van der Waals surface area (Å²) in [6.07, 6.45) is 0.181. The van der Waals surface area contributed by atoms with Crippen LogP contribution in [0, 0.1) is 19.7 Å². The molecule has 5 heteroatoms. The summed E-state index contributed by atoms with van der Waals surface area (Å²) in [7, 11) is 0. The molecule has 0 fully saturated rings. The van der Waals surface area contributed by atoms with Gasteiger partial charge in [0.1, 0.15) is 5.82 Å². The van der Waals surface area contributed by atoms with Crippen molar-refractivity contribution in [2.45, 2.75) is 20.3 Å². The average molecular weight is 328 g/mol. The third-order valence-electron chi connectivity index (χ3n) is 2.54. The Bertz CT molecular complexity index is 609. The number of nitrogens with zero attached hydrogens (tertiary/aromatic N) is 1. The number of benzene rings is 1. The lowest BCUT2D eigenvalue weighted by Gasteiger charge is -2.04. The Hall–Kier alpha value is -1.07. The van der Waals surface area contributed by atoms with E-state index in [1.165, 1.54) is 17.4 Å². The average Bonchev–Trinajstić information content (AvgIpc) is 2.64. The second-order valence-corrected chi connectivity index (χ2v) is 5.96. The predicted octanol–water partition coefficient (Wildman–Crippen LogP) is 4.09. The summed E-state index contributed by atoms with van der Waals surface area (Å²) in [5.41, 5.74) is 1.40. The fraction of sp³-hybridized carbons (Fsp3) is 0.231. The summed E-state index contributed by atoms with van der Waals surface area (Å²) in [6.45, 7) is 3.68. The normalized spacial score (nSPS) is 10.7. The topological polar surface area (TPSA) is 30.0 Å². The molecule has 18 heavy (non-hydrogen) atoms. The Morgan fingerprint density at radius 3 is 2.78 bits per heavy atom. The van der Waals surface area contributed by atoms with Crippen LogP contribution in [0.25, 0.3) is 0 Å². The van der Waals surface area contributed by atoms with E-state index in [-0.39, 0.29) is 18.0 Å². The van der Waals surface area contributed by atoms with Crippen LogP contribution in [0.5, 0.6) is 0 Å². The van der Waals surface area contributed by atoms with Gasteiger partial charge in [-0.25, -0.2) is 9.37 Å². The lowest BCUT2D eigenvalue weighted by Crippen LogP contribution is -2.04. The molecule has 1 heterocycles. The zero-order valence-corrected chi connectivity index (χ0v) is 12.4. The number of aryl methyl sites for hydroxylation is 2. The third kappa shape index (κ3) is 2.67. The highest BCUT2D eigenvalue weighted by molar-refractivity contribution is 9.10. The molecule has 2 nitrogen and oxygen atoms in total. The third-order valence-corrected chi connectivity index (χ3v) is 4.54. The molecule has 0 saturated heterocycles. The second-order valence-electron chi connectivity index (χ2n) is 3.96. The van der Waals surface area contributed by atoms with Crippen molar-refractivity contribution in [2.75, 3.05) is 0 Å². The Morgan fingerprint density at radius 2 is 2.17 bits per heavy atom. The summed E-state index contributed by atoms with van der Waals surface area (Å²) >= 11 is 4.55. The van der Waals surface area contributed by atoms with Crippen LogP contribution >= 0.6 is 27.3 Å². The van der Waals surface area contributed by atoms with E-state index in [2.05, 4.69) is 20.9 Å². The minimum absolute atomic E-state index is 0.0237. The molecule has 1 aromatic heterocycles. The van der Waals surface area contributed by atoms with Gasteiger partial charge in [0.05, 0.1) is 20.1 Å². The van der Waals surface area contributed by atoms with Gasteiger partial charge in [0, 0.05) is 6.42 Å². The van der Waals surface area contributed by atoms with Gasteiger partial charge in [0.25, 0.3) is 0 Å². The first-order valence-electron chi connectivity index (χ1n) is 5.39. The van der Waals surface area contributed by atoms with Crippen molar-refractivity contribution in [3.63, 3.8) is 0 Å². The summed E-state index contributed by atoms with van der Waals surface area (Å²) in [5, 5.41) is 0.870. The van der Waals surface area contributed by atoms with Crippen LogP contribution in [-0.4, -0.2) is 10.8 Å². The molecule has 94 valence electrons. The zero-order chi connectivity index (χ0) is 13.3. The number of carbonyl (C=O) groups is 1. The van der Waals surface area contributed by atoms with Crippen LogP contribution < -0.4 is 0 Å². The Balaban J connectivity index is 2.27. The van der Waals surface area contributed by atoms with Gasteiger partial charge in [0.15, 0.2) is 5.78 Å². The molecule has 0 aliphatic rings. The maximum Gasteiger partial charge on any atom is 0.179 e. The van der Waals surface area contributed by atoms with Crippen molar-refractivity contribution in [1.29, 1.82) is 0 Å². The van der Waals surface area contributed by atoms with Gasteiger partial charge in [-0.2, -0.15) is 0 Å². The van der Waals surface area contributed by atoms with Crippen molar-refractivity contribution in [3.05, 3.63) is 49.6 Å². The second kappa shape index (κ2) is 5.28. The number of rotatable bonds is 3. The number of halogens is 2. The maximum absolute atomic E-state index is 13.3.